The standard InChI is InChI=1S/C16H20N3O/c1-12(2)19-15-17-9-4-10-18(15)11-16(19,20)14-7-5-13(3)6-8-14/h4-10,12,20H,11H2,1-3H3/q+1. The smallest absolute Gasteiger partial charge is 0.353 e. The van der Waals surface area contributed by atoms with Crippen LogP contribution in [0, 0.1) is 6.92 Å². The molecule has 0 aliphatic carbocycles. The van der Waals surface area contributed by atoms with Crippen LogP contribution in [-0.2, 0) is 12.3 Å². The lowest BCUT2D eigenvalue weighted by Gasteiger charge is -2.31. The highest BCUT2D eigenvalue weighted by Crippen LogP contribution is 2.35. The Kier molecular flexibility index (Phi) is 2.98. The first-order chi connectivity index (χ1) is 9.52. The Morgan fingerprint density at radius 3 is 2.65 bits per heavy atom. The molecule has 2 aromatic rings. The molecule has 0 saturated carbocycles. The van der Waals surface area contributed by atoms with E-state index in [-0.39, 0.29) is 6.04 Å². The minimum absolute atomic E-state index is 0.157. The van der Waals surface area contributed by atoms with Gasteiger partial charge in [0.05, 0.1) is 12.2 Å². The molecule has 1 aliphatic rings. The summed E-state index contributed by atoms with van der Waals surface area (Å²) in [4.78, 5) is 6.41. The molecule has 1 unspecified atom stereocenters. The van der Waals surface area contributed by atoms with Crippen LogP contribution in [0.25, 0.3) is 0 Å². The van der Waals surface area contributed by atoms with Gasteiger partial charge in [-0.15, -0.1) is 0 Å². The van der Waals surface area contributed by atoms with Gasteiger partial charge in [0, 0.05) is 11.6 Å². The first-order valence-electron chi connectivity index (χ1n) is 6.96. The predicted octanol–water partition coefficient (Wildman–Crippen LogP) is 1.75. The quantitative estimate of drug-likeness (QED) is 0.845. The first kappa shape index (κ1) is 13.1. The van der Waals surface area contributed by atoms with Gasteiger partial charge < -0.3 is 5.11 Å². The molecular weight excluding hydrogens is 250 g/mol. The summed E-state index contributed by atoms with van der Waals surface area (Å²) in [5, 5.41) is 11.3. The third-order valence-corrected chi connectivity index (χ3v) is 3.83. The second-order valence-corrected chi connectivity index (χ2v) is 5.69. The van der Waals surface area contributed by atoms with Crippen LogP contribution in [0.3, 0.4) is 0 Å². The largest absolute Gasteiger partial charge is 0.397 e. The summed E-state index contributed by atoms with van der Waals surface area (Å²) in [6.07, 6.45) is 3.73. The Morgan fingerprint density at radius 2 is 2.00 bits per heavy atom. The summed E-state index contributed by atoms with van der Waals surface area (Å²) < 4.78 is 2.00. The van der Waals surface area contributed by atoms with Crippen LogP contribution in [-0.4, -0.2) is 16.1 Å². The van der Waals surface area contributed by atoms with E-state index < -0.39 is 5.72 Å². The fourth-order valence-electron chi connectivity index (χ4n) is 2.90. The van der Waals surface area contributed by atoms with Crippen molar-refractivity contribution in [3.8, 4) is 0 Å². The summed E-state index contributed by atoms with van der Waals surface area (Å²) >= 11 is 0. The van der Waals surface area contributed by atoms with E-state index in [0.29, 0.717) is 6.54 Å². The molecule has 104 valence electrons. The maximum atomic E-state index is 11.3. The number of benzene rings is 1. The number of nitrogens with zero attached hydrogens (tertiary/aromatic N) is 3. The zero-order valence-electron chi connectivity index (χ0n) is 12.1. The fourth-order valence-corrected chi connectivity index (χ4v) is 2.90. The van der Waals surface area contributed by atoms with Crippen molar-refractivity contribution in [3.05, 3.63) is 53.9 Å². The van der Waals surface area contributed by atoms with Crippen LogP contribution >= 0.6 is 0 Å². The molecule has 20 heavy (non-hydrogen) atoms. The van der Waals surface area contributed by atoms with Gasteiger partial charge >= 0.3 is 5.95 Å². The van der Waals surface area contributed by atoms with E-state index >= 15 is 0 Å². The average Bonchev–Trinajstić information content (AvgIpc) is 2.72. The molecule has 1 aliphatic heterocycles. The fraction of sp³-hybridized carbons (Fsp3) is 0.375. The van der Waals surface area contributed by atoms with E-state index in [1.54, 1.807) is 6.20 Å². The molecule has 0 amide bonds. The van der Waals surface area contributed by atoms with Crippen LogP contribution in [0.15, 0.2) is 42.7 Å². The number of rotatable bonds is 2. The van der Waals surface area contributed by atoms with Gasteiger partial charge in [0.1, 0.15) is 12.7 Å². The van der Waals surface area contributed by atoms with Crippen molar-refractivity contribution in [1.82, 2.24) is 4.98 Å². The van der Waals surface area contributed by atoms with Gasteiger partial charge in [-0.25, -0.2) is 9.47 Å². The summed E-state index contributed by atoms with van der Waals surface area (Å²) in [5.74, 6) is 0.811. The van der Waals surface area contributed by atoms with Gasteiger partial charge in [0.25, 0.3) is 0 Å². The maximum Gasteiger partial charge on any atom is 0.397 e. The van der Waals surface area contributed by atoms with Gasteiger partial charge in [0.15, 0.2) is 0 Å². The zero-order chi connectivity index (χ0) is 14.3. The lowest BCUT2D eigenvalue weighted by atomic mass is 9.99. The topological polar surface area (TPSA) is 40.2 Å². The van der Waals surface area contributed by atoms with Gasteiger partial charge in [0.2, 0.25) is 5.72 Å². The maximum absolute atomic E-state index is 11.3. The summed E-state index contributed by atoms with van der Waals surface area (Å²) in [6, 6.07) is 10.1. The highest BCUT2D eigenvalue weighted by molar-refractivity contribution is 5.39. The van der Waals surface area contributed by atoms with Crippen molar-refractivity contribution >= 4 is 5.95 Å². The summed E-state index contributed by atoms with van der Waals surface area (Å²) in [7, 11) is 0. The first-order valence-corrected chi connectivity index (χ1v) is 6.96. The highest BCUT2D eigenvalue weighted by Gasteiger charge is 2.52. The Labute approximate surface area is 119 Å². The van der Waals surface area contributed by atoms with E-state index in [2.05, 4.69) is 18.8 Å². The van der Waals surface area contributed by atoms with Crippen LogP contribution < -0.4 is 9.47 Å². The second kappa shape index (κ2) is 4.56. The zero-order valence-corrected chi connectivity index (χ0v) is 12.1. The number of aliphatic hydroxyl groups is 1. The molecule has 0 fully saturated rings. The van der Waals surface area contributed by atoms with Crippen LogP contribution in [0.1, 0.15) is 25.0 Å². The van der Waals surface area contributed by atoms with E-state index in [9.17, 15) is 5.11 Å². The number of hydrogen-bond donors (Lipinski definition) is 1. The van der Waals surface area contributed by atoms with Gasteiger partial charge in [-0.05, 0) is 20.8 Å². The number of aryl methyl sites for hydroxylation is 1. The second-order valence-electron chi connectivity index (χ2n) is 5.69. The van der Waals surface area contributed by atoms with Crippen LogP contribution in [0.2, 0.25) is 0 Å². The molecule has 0 bridgehead atoms. The Morgan fingerprint density at radius 1 is 1.30 bits per heavy atom. The molecule has 1 aromatic heterocycles. The molecule has 2 heterocycles. The van der Waals surface area contributed by atoms with Crippen LogP contribution in [0.4, 0.5) is 5.95 Å². The Hall–Kier alpha value is -1.94. The number of hydrogen-bond acceptors (Lipinski definition) is 3. The molecule has 0 spiro atoms. The van der Waals surface area contributed by atoms with Crippen molar-refractivity contribution in [1.29, 1.82) is 0 Å². The lowest BCUT2D eigenvalue weighted by Crippen LogP contribution is -2.48. The predicted molar refractivity (Wildman–Crippen MR) is 77.1 cm³/mol. The molecule has 3 rings (SSSR count). The minimum atomic E-state index is -1.04. The average molecular weight is 270 g/mol. The molecule has 4 nitrogen and oxygen atoms in total. The van der Waals surface area contributed by atoms with Crippen molar-refractivity contribution in [3.63, 3.8) is 0 Å². The summed E-state index contributed by atoms with van der Waals surface area (Å²) in [6.45, 7) is 6.69. The number of fused-ring (bicyclic) bond motifs is 1. The highest BCUT2D eigenvalue weighted by atomic mass is 16.3. The molecule has 0 saturated heterocycles. The number of aromatic nitrogens is 2. The van der Waals surface area contributed by atoms with E-state index in [0.717, 1.165) is 11.5 Å². The van der Waals surface area contributed by atoms with Gasteiger partial charge in [-0.1, -0.05) is 34.8 Å². The van der Waals surface area contributed by atoms with E-state index in [4.69, 9.17) is 0 Å². The van der Waals surface area contributed by atoms with Crippen molar-refractivity contribution < 1.29 is 9.67 Å². The molecule has 1 atom stereocenters. The third kappa shape index (κ3) is 1.88. The lowest BCUT2D eigenvalue weighted by molar-refractivity contribution is -0.685. The monoisotopic (exact) mass is 270 g/mol. The van der Waals surface area contributed by atoms with Gasteiger partial charge in [-0.3, -0.25) is 0 Å². The normalized spacial score (nSPS) is 21.4. The molecule has 1 aromatic carbocycles. The van der Waals surface area contributed by atoms with Gasteiger partial charge in [-0.2, -0.15) is 0 Å². The van der Waals surface area contributed by atoms with Crippen molar-refractivity contribution in [2.45, 2.75) is 39.1 Å². The van der Waals surface area contributed by atoms with Crippen molar-refractivity contribution in [2.75, 3.05) is 4.90 Å². The third-order valence-electron chi connectivity index (χ3n) is 3.83. The summed E-state index contributed by atoms with van der Waals surface area (Å²) in [5.41, 5.74) is 1.06. The van der Waals surface area contributed by atoms with E-state index in [1.165, 1.54) is 5.56 Å². The Balaban J connectivity index is 2.11. The molecular formula is C16H20N3O+. The SMILES string of the molecule is Cc1ccc(C2(O)C[n+]3cccnc3N2C(C)C)cc1. The molecule has 0 radical (unpaired) electrons. The molecule has 1 N–H and O–H groups in total. The minimum Gasteiger partial charge on any atom is -0.353 e. The van der Waals surface area contributed by atoms with E-state index in [1.807, 2.05) is 52.9 Å². The Bertz CT molecular complexity index is 624. The number of anilines is 1. The molecule has 4 heteroatoms. The van der Waals surface area contributed by atoms with Crippen molar-refractivity contribution in [2.24, 2.45) is 0 Å². The van der Waals surface area contributed by atoms with Crippen LogP contribution in [0.5, 0.6) is 0 Å².